The lowest BCUT2D eigenvalue weighted by Gasteiger charge is -2.09. The molecule has 2 aromatic carbocycles. The molecule has 0 radical (unpaired) electrons. The van der Waals surface area contributed by atoms with E-state index in [0.29, 0.717) is 21.3 Å². The first kappa shape index (κ1) is 22.1. The summed E-state index contributed by atoms with van der Waals surface area (Å²) >= 11 is 30.8. The van der Waals surface area contributed by atoms with Crippen LogP contribution in [0.4, 0.5) is 5.69 Å². The van der Waals surface area contributed by atoms with Crippen LogP contribution in [-0.2, 0) is 4.79 Å². The topological polar surface area (TPSA) is 58.2 Å². The van der Waals surface area contributed by atoms with Gasteiger partial charge in [-0.25, -0.2) is 0 Å². The summed E-state index contributed by atoms with van der Waals surface area (Å²) in [6, 6.07) is 9.43. The number of anilines is 1. The number of hydrogen-bond acceptors (Lipinski definition) is 2. The van der Waals surface area contributed by atoms with Crippen LogP contribution in [0, 0.1) is 18.3 Å². The average Bonchev–Trinajstić information content (AvgIpc) is 3.22. The van der Waals surface area contributed by atoms with E-state index in [2.05, 4.69) is 16.6 Å². The van der Waals surface area contributed by atoms with Gasteiger partial charge in [0.05, 0.1) is 23.0 Å². The quantitative estimate of drug-likeness (QED) is 0.427. The van der Waals surface area contributed by atoms with Gasteiger partial charge in [0.15, 0.2) is 0 Å². The third-order valence-corrected chi connectivity index (χ3v) is 6.12. The number of rotatable bonds is 5. The van der Waals surface area contributed by atoms with Crippen molar-refractivity contribution in [1.29, 1.82) is 0 Å². The molecule has 4 nitrogen and oxygen atoms in total. The van der Waals surface area contributed by atoms with E-state index in [1.165, 1.54) is 12.1 Å². The molecule has 150 valence electrons. The standard InChI is InChI=1S/C20H13Cl5N2O2/c1-2-5-26-18(28)14-9-13(3-4-15(14)23)27-19(29)17-16(20(17,24)25)10-6-11(21)8-12(22)7-10/h1,3-4,6-9,16-17H,5H2,(H,26,28)(H,27,29)/t16-,17+/m1/s1. The van der Waals surface area contributed by atoms with E-state index >= 15 is 0 Å². The summed E-state index contributed by atoms with van der Waals surface area (Å²) < 4.78 is -1.31. The molecule has 0 aliphatic heterocycles. The van der Waals surface area contributed by atoms with Crippen LogP contribution in [0.25, 0.3) is 0 Å². The molecule has 1 saturated carbocycles. The van der Waals surface area contributed by atoms with Gasteiger partial charge in [-0.1, -0.05) is 40.7 Å². The van der Waals surface area contributed by atoms with Gasteiger partial charge in [0.25, 0.3) is 5.91 Å². The molecule has 2 N–H and O–H groups in total. The van der Waals surface area contributed by atoms with Crippen molar-refractivity contribution < 1.29 is 9.59 Å². The molecular formula is C20H13Cl5N2O2. The fourth-order valence-electron chi connectivity index (χ4n) is 3.05. The van der Waals surface area contributed by atoms with E-state index in [0.717, 1.165) is 0 Å². The van der Waals surface area contributed by atoms with Gasteiger partial charge in [-0.3, -0.25) is 9.59 Å². The van der Waals surface area contributed by atoms with Gasteiger partial charge >= 0.3 is 0 Å². The summed E-state index contributed by atoms with van der Waals surface area (Å²) in [6.07, 6.45) is 5.14. The second-order valence-corrected chi connectivity index (χ2v) is 9.13. The molecule has 1 aliphatic carbocycles. The van der Waals surface area contributed by atoms with Crippen molar-refractivity contribution in [3.05, 3.63) is 62.6 Å². The van der Waals surface area contributed by atoms with Crippen LogP contribution >= 0.6 is 58.0 Å². The maximum atomic E-state index is 12.8. The highest BCUT2D eigenvalue weighted by molar-refractivity contribution is 6.53. The number of carbonyl (C=O) groups is 2. The fraction of sp³-hybridized carbons (Fsp3) is 0.200. The third kappa shape index (κ3) is 4.77. The smallest absolute Gasteiger partial charge is 0.253 e. The Morgan fingerprint density at radius 2 is 1.72 bits per heavy atom. The van der Waals surface area contributed by atoms with Crippen molar-refractivity contribution >= 4 is 75.5 Å². The Hall–Kier alpha value is -1.61. The molecule has 2 atom stereocenters. The first-order chi connectivity index (χ1) is 13.6. The second-order valence-electron chi connectivity index (χ2n) is 6.40. The molecule has 3 rings (SSSR count). The highest BCUT2D eigenvalue weighted by atomic mass is 35.5. The Kier molecular flexibility index (Phi) is 6.57. The Morgan fingerprint density at radius 1 is 1.07 bits per heavy atom. The van der Waals surface area contributed by atoms with Crippen LogP contribution in [0.2, 0.25) is 15.1 Å². The van der Waals surface area contributed by atoms with Crippen molar-refractivity contribution in [2.75, 3.05) is 11.9 Å². The van der Waals surface area contributed by atoms with E-state index in [1.54, 1.807) is 24.3 Å². The number of benzene rings is 2. The molecule has 1 fully saturated rings. The second kappa shape index (κ2) is 8.63. The molecule has 0 spiro atoms. The molecule has 29 heavy (non-hydrogen) atoms. The summed E-state index contributed by atoms with van der Waals surface area (Å²) in [4.78, 5) is 24.9. The first-order valence-electron chi connectivity index (χ1n) is 8.31. The van der Waals surface area contributed by atoms with Crippen molar-refractivity contribution in [1.82, 2.24) is 5.32 Å². The molecule has 2 amide bonds. The van der Waals surface area contributed by atoms with Crippen molar-refractivity contribution in [2.24, 2.45) is 5.92 Å². The SMILES string of the molecule is C#CCNC(=O)c1cc(NC(=O)[C@@H]2[C@@H](c3cc(Cl)cc(Cl)c3)C2(Cl)Cl)ccc1Cl. The number of halogens is 5. The van der Waals surface area contributed by atoms with E-state index in [-0.39, 0.29) is 17.1 Å². The van der Waals surface area contributed by atoms with Gasteiger partial charge in [-0.2, -0.15) is 0 Å². The fourth-order valence-corrected chi connectivity index (χ4v) is 4.62. The largest absolute Gasteiger partial charge is 0.341 e. The molecular weight excluding hydrogens is 477 g/mol. The van der Waals surface area contributed by atoms with E-state index in [1.807, 2.05) is 0 Å². The maximum Gasteiger partial charge on any atom is 0.253 e. The molecule has 9 heteroatoms. The highest BCUT2D eigenvalue weighted by Crippen LogP contribution is 2.65. The lowest BCUT2D eigenvalue weighted by molar-refractivity contribution is -0.117. The van der Waals surface area contributed by atoms with Crippen LogP contribution in [0.3, 0.4) is 0 Å². The van der Waals surface area contributed by atoms with Crippen molar-refractivity contribution in [3.63, 3.8) is 0 Å². The van der Waals surface area contributed by atoms with E-state index < -0.39 is 28.0 Å². The summed E-state index contributed by atoms with van der Waals surface area (Å²) in [5, 5.41) is 6.29. The van der Waals surface area contributed by atoms with E-state index in [9.17, 15) is 9.59 Å². The van der Waals surface area contributed by atoms with Crippen molar-refractivity contribution in [3.8, 4) is 12.3 Å². The summed E-state index contributed by atoms with van der Waals surface area (Å²) in [5.41, 5.74) is 1.21. The minimum atomic E-state index is -1.31. The highest BCUT2D eigenvalue weighted by Gasteiger charge is 2.67. The van der Waals surface area contributed by atoms with Crippen molar-refractivity contribution in [2.45, 2.75) is 10.3 Å². The Bertz CT molecular complexity index is 1010. The molecule has 0 aromatic heterocycles. The van der Waals surface area contributed by atoms with Crippen LogP contribution in [-0.4, -0.2) is 22.7 Å². The summed E-state index contributed by atoms with van der Waals surface area (Å²) in [6.45, 7) is 0.0543. The maximum absolute atomic E-state index is 12.8. The zero-order valence-corrected chi connectivity index (χ0v) is 18.4. The van der Waals surface area contributed by atoms with Gasteiger partial charge in [-0.15, -0.1) is 29.6 Å². The van der Waals surface area contributed by atoms with Gasteiger partial charge < -0.3 is 10.6 Å². The number of hydrogen-bond donors (Lipinski definition) is 2. The number of terminal acetylenes is 1. The first-order valence-corrected chi connectivity index (χ1v) is 10.2. The zero-order chi connectivity index (χ0) is 21.3. The minimum absolute atomic E-state index is 0.0543. The van der Waals surface area contributed by atoms with E-state index in [4.69, 9.17) is 64.4 Å². The van der Waals surface area contributed by atoms with Gasteiger partial charge in [-0.05, 0) is 42.0 Å². The molecule has 0 bridgehead atoms. The zero-order valence-electron chi connectivity index (χ0n) is 14.6. The average molecular weight is 491 g/mol. The number of nitrogens with one attached hydrogen (secondary N) is 2. The number of carbonyl (C=O) groups excluding carboxylic acids is 2. The van der Waals surface area contributed by atoms with Gasteiger partial charge in [0.1, 0.15) is 4.33 Å². The summed E-state index contributed by atoms with van der Waals surface area (Å²) in [7, 11) is 0. The Labute approximate surface area is 192 Å². The molecule has 0 heterocycles. The Morgan fingerprint density at radius 3 is 2.34 bits per heavy atom. The van der Waals surface area contributed by atoms with Crippen LogP contribution in [0.15, 0.2) is 36.4 Å². The normalized spacial score (nSPS) is 19.2. The molecule has 0 unspecified atom stereocenters. The number of alkyl halides is 2. The van der Waals surface area contributed by atoms with Gasteiger partial charge in [0.2, 0.25) is 5.91 Å². The predicted molar refractivity (Wildman–Crippen MR) is 118 cm³/mol. The Balaban J connectivity index is 1.78. The van der Waals surface area contributed by atoms with Crippen LogP contribution in [0.5, 0.6) is 0 Å². The lowest BCUT2D eigenvalue weighted by Crippen LogP contribution is -2.24. The van der Waals surface area contributed by atoms with Crippen LogP contribution in [0.1, 0.15) is 21.8 Å². The molecule has 0 saturated heterocycles. The minimum Gasteiger partial charge on any atom is -0.341 e. The monoisotopic (exact) mass is 488 g/mol. The van der Waals surface area contributed by atoms with Crippen LogP contribution < -0.4 is 10.6 Å². The van der Waals surface area contributed by atoms with Gasteiger partial charge in [0, 0.05) is 21.7 Å². The lowest BCUT2D eigenvalue weighted by atomic mass is 10.1. The third-order valence-electron chi connectivity index (χ3n) is 4.41. The predicted octanol–water partition coefficient (Wildman–Crippen LogP) is 5.54. The summed E-state index contributed by atoms with van der Waals surface area (Å²) in [5.74, 6) is 0.235. The molecule has 2 aromatic rings. The number of amides is 2. The molecule has 1 aliphatic rings.